The molecule has 0 unspecified atom stereocenters. The van der Waals surface area contributed by atoms with Crippen molar-refractivity contribution in [3.63, 3.8) is 0 Å². The molecule has 1 fully saturated rings. The molecule has 166 valence electrons. The lowest BCUT2D eigenvalue weighted by Crippen LogP contribution is -2.43. The molecule has 8 nitrogen and oxygen atoms in total. The predicted molar refractivity (Wildman–Crippen MR) is 123 cm³/mol. The molecule has 1 aliphatic heterocycles. The summed E-state index contributed by atoms with van der Waals surface area (Å²) in [6.07, 6.45) is 2.29. The molecule has 0 bridgehead atoms. The van der Waals surface area contributed by atoms with Crippen LogP contribution in [-0.2, 0) is 11.3 Å². The van der Waals surface area contributed by atoms with Gasteiger partial charge in [-0.2, -0.15) is 5.10 Å². The quantitative estimate of drug-likeness (QED) is 0.440. The number of hydrogen-bond acceptors (Lipinski definition) is 6. The number of benzene rings is 2. The second-order valence-corrected chi connectivity index (χ2v) is 8.43. The summed E-state index contributed by atoms with van der Waals surface area (Å²) in [6.45, 7) is 2.89. The normalized spacial score (nSPS) is 15.6. The number of thioether (sulfide) groups is 1. The maximum absolute atomic E-state index is 12.8. The van der Waals surface area contributed by atoms with Gasteiger partial charge >= 0.3 is 0 Å². The lowest BCUT2D eigenvalue weighted by Gasteiger charge is -2.13. The van der Waals surface area contributed by atoms with Gasteiger partial charge in [-0.15, -0.1) is 11.8 Å². The SMILES string of the molecule is CCn1nc(C(=O)NNC(=O)c2ccccc2SC[C@H]2CCCO2)c2ccccc2c1=O. The molecule has 2 amide bonds. The largest absolute Gasteiger partial charge is 0.377 e. The summed E-state index contributed by atoms with van der Waals surface area (Å²) in [5.41, 5.74) is 5.18. The van der Waals surface area contributed by atoms with Crippen molar-refractivity contribution in [3.8, 4) is 0 Å². The number of ether oxygens (including phenoxy) is 1. The molecule has 2 N–H and O–H groups in total. The Morgan fingerprint density at radius 1 is 1.09 bits per heavy atom. The topological polar surface area (TPSA) is 102 Å². The van der Waals surface area contributed by atoms with E-state index in [9.17, 15) is 14.4 Å². The maximum Gasteiger partial charge on any atom is 0.290 e. The average Bonchev–Trinajstić information content (AvgIpc) is 3.35. The minimum absolute atomic E-state index is 0.0726. The van der Waals surface area contributed by atoms with E-state index in [-0.39, 0.29) is 17.4 Å². The van der Waals surface area contributed by atoms with E-state index in [4.69, 9.17) is 4.74 Å². The van der Waals surface area contributed by atoms with Gasteiger partial charge in [0.25, 0.3) is 17.4 Å². The van der Waals surface area contributed by atoms with Crippen molar-refractivity contribution < 1.29 is 14.3 Å². The highest BCUT2D eigenvalue weighted by Crippen LogP contribution is 2.26. The molecule has 0 radical (unpaired) electrons. The van der Waals surface area contributed by atoms with Crippen LogP contribution in [0.25, 0.3) is 10.8 Å². The van der Waals surface area contributed by atoms with Crippen molar-refractivity contribution in [2.24, 2.45) is 0 Å². The van der Waals surface area contributed by atoms with Gasteiger partial charge in [0.15, 0.2) is 5.69 Å². The molecule has 32 heavy (non-hydrogen) atoms. The Morgan fingerprint density at radius 3 is 2.56 bits per heavy atom. The minimum Gasteiger partial charge on any atom is -0.377 e. The van der Waals surface area contributed by atoms with Gasteiger partial charge in [0.05, 0.1) is 17.1 Å². The molecule has 2 aromatic carbocycles. The van der Waals surface area contributed by atoms with Crippen molar-refractivity contribution in [1.82, 2.24) is 20.6 Å². The third kappa shape index (κ3) is 4.68. The Hall–Kier alpha value is -3.17. The first-order valence-corrected chi connectivity index (χ1v) is 11.5. The van der Waals surface area contributed by atoms with E-state index in [1.54, 1.807) is 55.1 Å². The van der Waals surface area contributed by atoms with Crippen molar-refractivity contribution in [1.29, 1.82) is 0 Å². The fourth-order valence-corrected chi connectivity index (χ4v) is 4.72. The number of carbonyl (C=O) groups excluding carboxylic acids is 2. The third-order valence-corrected chi connectivity index (χ3v) is 6.46. The zero-order valence-corrected chi connectivity index (χ0v) is 18.5. The number of hydrazine groups is 1. The summed E-state index contributed by atoms with van der Waals surface area (Å²) in [5.74, 6) is -0.256. The lowest BCUT2D eigenvalue weighted by molar-refractivity contribution is 0.0842. The van der Waals surface area contributed by atoms with E-state index >= 15 is 0 Å². The first-order chi connectivity index (χ1) is 15.6. The number of fused-ring (bicyclic) bond motifs is 1. The smallest absolute Gasteiger partial charge is 0.290 e. The van der Waals surface area contributed by atoms with Crippen LogP contribution in [0, 0.1) is 0 Å². The van der Waals surface area contributed by atoms with Crippen LogP contribution < -0.4 is 16.4 Å². The Bertz CT molecular complexity index is 1200. The van der Waals surface area contributed by atoms with E-state index < -0.39 is 11.8 Å². The highest BCUT2D eigenvalue weighted by atomic mass is 32.2. The summed E-state index contributed by atoms with van der Waals surface area (Å²) in [4.78, 5) is 38.9. The number of hydrogen-bond donors (Lipinski definition) is 2. The summed E-state index contributed by atoms with van der Waals surface area (Å²) in [7, 11) is 0. The zero-order chi connectivity index (χ0) is 22.5. The number of nitrogens with zero attached hydrogens (tertiary/aromatic N) is 2. The van der Waals surface area contributed by atoms with Crippen LogP contribution in [0.3, 0.4) is 0 Å². The molecule has 9 heteroatoms. The minimum atomic E-state index is -0.596. The highest BCUT2D eigenvalue weighted by molar-refractivity contribution is 7.99. The summed E-state index contributed by atoms with van der Waals surface area (Å²) < 4.78 is 6.89. The predicted octanol–water partition coefficient (Wildman–Crippen LogP) is 2.76. The molecular weight excluding hydrogens is 428 g/mol. The van der Waals surface area contributed by atoms with Crippen LogP contribution in [0.15, 0.2) is 58.2 Å². The Kier molecular flexibility index (Phi) is 6.87. The number of amides is 2. The molecule has 0 spiro atoms. The number of rotatable bonds is 6. The summed E-state index contributed by atoms with van der Waals surface area (Å²) in [5, 5.41) is 5.02. The number of aromatic nitrogens is 2. The van der Waals surface area contributed by atoms with Crippen LogP contribution in [0.5, 0.6) is 0 Å². The van der Waals surface area contributed by atoms with Crippen LogP contribution >= 0.6 is 11.8 Å². The van der Waals surface area contributed by atoms with Gasteiger partial charge in [0, 0.05) is 29.2 Å². The molecule has 1 atom stereocenters. The van der Waals surface area contributed by atoms with Crippen molar-refractivity contribution in [2.75, 3.05) is 12.4 Å². The number of carbonyl (C=O) groups is 2. The Labute approximate surface area is 189 Å². The second-order valence-electron chi connectivity index (χ2n) is 7.37. The molecule has 0 aliphatic carbocycles. The van der Waals surface area contributed by atoms with Crippen LogP contribution in [0.4, 0.5) is 0 Å². The first-order valence-electron chi connectivity index (χ1n) is 10.5. The van der Waals surface area contributed by atoms with Gasteiger partial charge < -0.3 is 4.74 Å². The molecule has 4 rings (SSSR count). The summed E-state index contributed by atoms with van der Waals surface area (Å²) in [6, 6.07) is 14.0. The van der Waals surface area contributed by atoms with Gasteiger partial charge in [0.1, 0.15) is 0 Å². The van der Waals surface area contributed by atoms with Gasteiger partial charge in [-0.05, 0) is 38.0 Å². The third-order valence-electron chi connectivity index (χ3n) is 5.25. The molecule has 1 saturated heterocycles. The maximum atomic E-state index is 12.8. The molecular formula is C23H24N4O4S. The summed E-state index contributed by atoms with van der Waals surface area (Å²) >= 11 is 1.56. The van der Waals surface area contributed by atoms with E-state index in [0.717, 1.165) is 30.1 Å². The zero-order valence-electron chi connectivity index (χ0n) is 17.7. The van der Waals surface area contributed by atoms with Gasteiger partial charge in [-0.25, -0.2) is 4.68 Å². The highest BCUT2D eigenvalue weighted by Gasteiger charge is 2.20. The average molecular weight is 453 g/mol. The first kappa shape index (κ1) is 22.0. The molecule has 2 heterocycles. The van der Waals surface area contributed by atoms with Crippen LogP contribution in [0.2, 0.25) is 0 Å². The molecule has 1 aromatic heterocycles. The van der Waals surface area contributed by atoms with E-state index in [2.05, 4.69) is 16.0 Å². The number of aryl methyl sites for hydroxylation is 1. The molecule has 3 aromatic rings. The van der Waals surface area contributed by atoms with E-state index in [0.29, 0.717) is 22.9 Å². The van der Waals surface area contributed by atoms with E-state index in [1.165, 1.54) is 4.68 Å². The van der Waals surface area contributed by atoms with Crippen molar-refractivity contribution in [2.45, 2.75) is 37.3 Å². The Balaban J connectivity index is 1.49. The van der Waals surface area contributed by atoms with Crippen LogP contribution in [-0.4, -0.2) is 40.1 Å². The lowest BCUT2D eigenvalue weighted by atomic mass is 10.1. The van der Waals surface area contributed by atoms with Crippen LogP contribution in [0.1, 0.15) is 40.6 Å². The standard InChI is InChI=1S/C23H24N4O4S/c1-2-27-23(30)17-10-4-3-9-16(17)20(26-27)22(29)25-24-21(28)18-11-5-6-12-19(18)32-14-15-8-7-13-31-15/h3-6,9-12,15H,2,7-8,13-14H2,1H3,(H,24,28)(H,25,29)/t15-/m1/s1. The van der Waals surface area contributed by atoms with Gasteiger partial charge in [-0.3, -0.25) is 25.2 Å². The van der Waals surface area contributed by atoms with Crippen molar-refractivity contribution in [3.05, 3.63) is 70.1 Å². The molecule has 0 saturated carbocycles. The van der Waals surface area contributed by atoms with Crippen molar-refractivity contribution >= 4 is 34.3 Å². The molecule has 1 aliphatic rings. The Morgan fingerprint density at radius 2 is 1.81 bits per heavy atom. The fourth-order valence-electron chi connectivity index (χ4n) is 3.60. The fraction of sp³-hybridized carbons (Fsp3) is 0.304. The van der Waals surface area contributed by atoms with Gasteiger partial charge in [-0.1, -0.05) is 30.3 Å². The monoisotopic (exact) mass is 452 g/mol. The van der Waals surface area contributed by atoms with E-state index in [1.807, 2.05) is 12.1 Å². The second kappa shape index (κ2) is 9.97. The van der Waals surface area contributed by atoms with Gasteiger partial charge in [0.2, 0.25) is 0 Å². The number of nitrogens with one attached hydrogen (secondary N) is 2.